The molecule has 0 unspecified atom stereocenters. The van der Waals surface area contributed by atoms with Gasteiger partial charge in [-0.1, -0.05) is 109 Å². The fourth-order valence-electron chi connectivity index (χ4n) is 7.05. The molecule has 0 aliphatic heterocycles. The number of thiophene rings is 2. The van der Waals surface area contributed by atoms with Crippen LogP contribution in [-0.2, 0) is 13.1 Å². The molecule has 0 amide bonds. The summed E-state index contributed by atoms with van der Waals surface area (Å²) < 4.78 is 5.16. The molecule has 0 aliphatic carbocycles. The van der Waals surface area contributed by atoms with Crippen LogP contribution in [0.15, 0.2) is 144 Å². The van der Waals surface area contributed by atoms with Crippen molar-refractivity contribution >= 4 is 66.3 Å². The van der Waals surface area contributed by atoms with Crippen molar-refractivity contribution in [3.63, 3.8) is 0 Å². The Balaban J connectivity index is 1.56. The fraction of sp³-hybridized carbons (Fsp3) is 0.0500. The zero-order valence-corrected chi connectivity index (χ0v) is 25.6. The van der Waals surface area contributed by atoms with E-state index in [-0.39, 0.29) is 0 Å². The molecule has 2 nitrogen and oxygen atoms in total. The third-order valence-corrected chi connectivity index (χ3v) is 10.6. The Morgan fingerprint density at radius 2 is 0.818 bits per heavy atom. The minimum atomic E-state index is 0.807. The molecule has 0 N–H and O–H groups in total. The summed E-state index contributed by atoms with van der Waals surface area (Å²) in [4.78, 5) is 2.61. The van der Waals surface area contributed by atoms with Gasteiger partial charge >= 0.3 is 0 Å². The van der Waals surface area contributed by atoms with Crippen molar-refractivity contribution < 1.29 is 0 Å². The van der Waals surface area contributed by atoms with E-state index in [2.05, 4.69) is 153 Å². The van der Waals surface area contributed by atoms with Gasteiger partial charge in [-0.15, -0.1) is 22.7 Å². The molecule has 9 rings (SSSR count). The lowest BCUT2D eigenvalue weighted by atomic mass is 9.95. The third kappa shape index (κ3) is 3.92. The van der Waals surface area contributed by atoms with Gasteiger partial charge in [0.15, 0.2) is 0 Å². The maximum Gasteiger partial charge on any atom is 0.0596 e. The zero-order valence-electron chi connectivity index (χ0n) is 24.0. The highest BCUT2D eigenvalue weighted by Gasteiger charge is 2.28. The molecule has 5 aromatic carbocycles. The molecule has 0 aliphatic rings. The third-order valence-electron chi connectivity index (χ3n) is 8.82. The topological polar surface area (TPSA) is 9.86 Å². The van der Waals surface area contributed by atoms with Crippen LogP contribution in [0.2, 0.25) is 0 Å². The molecule has 0 fully saturated rings. The molecular weight excluding hydrogens is 573 g/mol. The van der Waals surface area contributed by atoms with Gasteiger partial charge in [0, 0.05) is 66.5 Å². The van der Waals surface area contributed by atoms with Crippen LogP contribution in [0.4, 0.5) is 0 Å². The predicted molar refractivity (Wildman–Crippen MR) is 190 cm³/mol. The molecule has 44 heavy (non-hydrogen) atoms. The quantitative estimate of drug-likeness (QED) is 0.180. The Labute approximate surface area is 263 Å². The van der Waals surface area contributed by atoms with Crippen molar-refractivity contribution in [2.45, 2.75) is 13.1 Å². The Kier molecular flexibility index (Phi) is 6.03. The molecule has 0 bridgehead atoms. The molecule has 210 valence electrons. The van der Waals surface area contributed by atoms with E-state index in [4.69, 9.17) is 0 Å². The van der Waals surface area contributed by atoms with Crippen LogP contribution >= 0.6 is 22.7 Å². The number of fused-ring (bicyclic) bond motifs is 6. The van der Waals surface area contributed by atoms with Gasteiger partial charge in [-0.05, 0) is 46.2 Å². The van der Waals surface area contributed by atoms with E-state index in [0.717, 1.165) is 13.1 Å². The van der Waals surface area contributed by atoms with E-state index >= 15 is 0 Å². The van der Waals surface area contributed by atoms with E-state index in [1.807, 2.05) is 22.7 Å². The maximum absolute atomic E-state index is 2.58. The van der Waals surface area contributed by atoms with Gasteiger partial charge in [0.2, 0.25) is 0 Å². The number of rotatable bonds is 6. The van der Waals surface area contributed by atoms with Crippen LogP contribution in [0.5, 0.6) is 0 Å². The van der Waals surface area contributed by atoms with Crippen LogP contribution in [0.3, 0.4) is 0 Å². The number of hydrogen-bond acceptors (Lipinski definition) is 2. The summed E-state index contributed by atoms with van der Waals surface area (Å²) in [6, 6.07) is 48.8. The highest BCUT2D eigenvalue weighted by atomic mass is 32.1. The molecule has 0 atom stereocenters. The van der Waals surface area contributed by atoms with Crippen molar-refractivity contribution in [1.29, 1.82) is 0 Å². The normalized spacial score (nSPS) is 11.8. The van der Waals surface area contributed by atoms with Crippen LogP contribution in [-0.4, -0.2) is 9.13 Å². The van der Waals surface area contributed by atoms with Gasteiger partial charge < -0.3 is 9.13 Å². The van der Waals surface area contributed by atoms with Crippen LogP contribution < -0.4 is 0 Å². The zero-order chi connectivity index (χ0) is 29.0. The van der Waals surface area contributed by atoms with Crippen molar-refractivity contribution in [2.24, 2.45) is 0 Å². The van der Waals surface area contributed by atoms with E-state index in [0.29, 0.717) is 0 Å². The van der Waals surface area contributed by atoms with E-state index in [9.17, 15) is 0 Å². The molecule has 4 heteroatoms. The summed E-state index contributed by atoms with van der Waals surface area (Å²) >= 11 is 3.67. The van der Waals surface area contributed by atoms with Crippen LogP contribution in [0.25, 0.3) is 64.5 Å². The van der Waals surface area contributed by atoms with Crippen LogP contribution in [0, 0.1) is 0 Å². The smallest absolute Gasteiger partial charge is 0.0596 e. The Morgan fingerprint density at radius 1 is 0.409 bits per heavy atom. The minimum Gasteiger partial charge on any atom is -0.335 e. The first-order chi connectivity index (χ1) is 21.9. The van der Waals surface area contributed by atoms with Crippen molar-refractivity contribution in [2.75, 3.05) is 0 Å². The standard InChI is InChI=1S/C40H28N2S2/c1-3-13-27(14-4-1)25-41-31-19-9-7-17-29(31)35-38(34-22-12-24-44-34)40-36(37(39(35)41)33-21-11-23-43-33)30-18-8-10-20-32(30)42(40)26-28-15-5-2-6-16-28/h1-24H,25-26H2. The van der Waals surface area contributed by atoms with Crippen molar-refractivity contribution in [3.05, 3.63) is 155 Å². The summed E-state index contributed by atoms with van der Waals surface area (Å²) in [6.07, 6.45) is 0. The summed E-state index contributed by atoms with van der Waals surface area (Å²) in [6.45, 7) is 1.61. The van der Waals surface area contributed by atoms with Gasteiger partial charge in [0.1, 0.15) is 0 Å². The predicted octanol–water partition coefficient (Wildman–Crippen LogP) is 11.5. The SMILES string of the molecule is c1ccc(Cn2c3ccccc3c3c(-c4cccs4)c4c(c(-c5cccs5)c32)c2ccccc2n4Cc2ccccc2)cc1. The van der Waals surface area contributed by atoms with E-state index in [1.54, 1.807) is 0 Å². The van der Waals surface area contributed by atoms with Crippen molar-refractivity contribution in [1.82, 2.24) is 9.13 Å². The van der Waals surface area contributed by atoms with Gasteiger partial charge in [0.25, 0.3) is 0 Å². The van der Waals surface area contributed by atoms with Crippen molar-refractivity contribution in [3.8, 4) is 20.9 Å². The average molecular weight is 601 g/mol. The highest BCUT2D eigenvalue weighted by Crippen LogP contribution is 2.52. The second kappa shape index (κ2) is 10.4. The lowest BCUT2D eigenvalue weighted by Gasteiger charge is -2.17. The molecule has 0 radical (unpaired) electrons. The first kappa shape index (κ1) is 25.6. The number of hydrogen-bond donors (Lipinski definition) is 0. The van der Waals surface area contributed by atoms with E-state index < -0.39 is 0 Å². The molecule has 4 heterocycles. The number of benzene rings is 5. The minimum absolute atomic E-state index is 0.807. The largest absolute Gasteiger partial charge is 0.335 e. The number of nitrogens with zero attached hydrogens (tertiary/aromatic N) is 2. The average Bonchev–Trinajstić information content (AvgIpc) is 3.90. The highest BCUT2D eigenvalue weighted by molar-refractivity contribution is 7.14. The number of para-hydroxylation sites is 2. The first-order valence-corrected chi connectivity index (χ1v) is 16.8. The maximum atomic E-state index is 2.58. The monoisotopic (exact) mass is 600 g/mol. The molecular formula is C40H28N2S2. The summed E-state index contributed by atoms with van der Waals surface area (Å²) in [5.74, 6) is 0. The lowest BCUT2D eigenvalue weighted by Crippen LogP contribution is -2.02. The fourth-order valence-corrected chi connectivity index (χ4v) is 8.61. The molecule has 0 saturated heterocycles. The molecule has 0 spiro atoms. The lowest BCUT2D eigenvalue weighted by molar-refractivity contribution is 0.867. The Bertz CT molecular complexity index is 2240. The Morgan fingerprint density at radius 3 is 1.23 bits per heavy atom. The number of aromatic nitrogens is 2. The molecule has 4 aromatic heterocycles. The molecule has 9 aromatic rings. The van der Waals surface area contributed by atoms with Gasteiger partial charge in [0.05, 0.1) is 11.0 Å². The Hall–Kier alpha value is -4.90. The molecule has 0 saturated carbocycles. The van der Waals surface area contributed by atoms with Gasteiger partial charge in [-0.25, -0.2) is 0 Å². The van der Waals surface area contributed by atoms with E-state index in [1.165, 1.54) is 75.6 Å². The summed E-state index contributed by atoms with van der Waals surface area (Å²) in [7, 11) is 0. The summed E-state index contributed by atoms with van der Waals surface area (Å²) in [5.41, 5.74) is 10.4. The van der Waals surface area contributed by atoms with Gasteiger partial charge in [-0.3, -0.25) is 0 Å². The van der Waals surface area contributed by atoms with Crippen LogP contribution in [0.1, 0.15) is 11.1 Å². The first-order valence-electron chi connectivity index (χ1n) is 15.0. The second-order valence-corrected chi connectivity index (χ2v) is 13.2. The van der Waals surface area contributed by atoms with Gasteiger partial charge in [-0.2, -0.15) is 0 Å². The second-order valence-electron chi connectivity index (χ2n) is 11.3. The summed E-state index contributed by atoms with van der Waals surface area (Å²) in [5, 5.41) is 9.72.